The van der Waals surface area contributed by atoms with E-state index in [-0.39, 0.29) is 48.6 Å². The number of amides is 4. The highest BCUT2D eigenvalue weighted by Crippen LogP contribution is 2.29. The van der Waals surface area contributed by atoms with Gasteiger partial charge in [-0.3, -0.25) is 9.59 Å². The van der Waals surface area contributed by atoms with Gasteiger partial charge in [0.05, 0.1) is 30.4 Å². The lowest BCUT2D eigenvalue weighted by Gasteiger charge is -2.36. The number of hydrogen-bond donors (Lipinski definition) is 3. The third kappa shape index (κ3) is 9.93. The maximum atomic E-state index is 14.3. The summed E-state index contributed by atoms with van der Waals surface area (Å²) in [5, 5.41) is 16.3. The molecule has 2 aliphatic rings. The van der Waals surface area contributed by atoms with Gasteiger partial charge >= 0.3 is 6.03 Å². The molecule has 0 aromatic heterocycles. The summed E-state index contributed by atoms with van der Waals surface area (Å²) in [5.41, 5.74) is 1.28. The number of benzene rings is 2. The smallest absolute Gasteiger partial charge is 0.317 e. The minimum Gasteiger partial charge on any atom is -0.490 e. The van der Waals surface area contributed by atoms with Crippen LogP contribution in [-0.2, 0) is 4.74 Å². The number of nitrogens with zero attached hydrogens (tertiary/aromatic N) is 2. The molecule has 1 aliphatic heterocycles. The molecular weight excluding hydrogens is 584 g/mol. The Hall–Kier alpha value is -3.63. The average molecular weight is 637 g/mol. The fourth-order valence-electron chi connectivity index (χ4n) is 6.14. The van der Waals surface area contributed by atoms with Crippen molar-refractivity contribution in [2.45, 2.75) is 96.4 Å². The maximum absolute atomic E-state index is 14.3. The molecule has 1 saturated carbocycles. The molecule has 46 heavy (non-hydrogen) atoms. The number of likely N-dealkylation sites (N-methyl/N-ethyl adjacent to an activating group) is 1. The van der Waals surface area contributed by atoms with E-state index in [1.807, 2.05) is 19.9 Å². The van der Waals surface area contributed by atoms with Gasteiger partial charge in [0, 0.05) is 50.0 Å². The van der Waals surface area contributed by atoms with Crippen molar-refractivity contribution >= 4 is 23.5 Å². The lowest BCUT2D eigenvalue weighted by atomic mass is 9.96. The van der Waals surface area contributed by atoms with Gasteiger partial charge < -0.3 is 35.0 Å². The van der Waals surface area contributed by atoms with Crippen molar-refractivity contribution < 1.29 is 29.0 Å². The summed E-state index contributed by atoms with van der Waals surface area (Å²) in [7, 11) is 1.79. The Kier molecular flexibility index (Phi) is 13.3. The highest BCUT2D eigenvalue weighted by molar-refractivity contribution is 6.05. The zero-order valence-electron chi connectivity index (χ0n) is 27.9. The molecule has 4 rings (SSSR count). The van der Waals surface area contributed by atoms with Crippen molar-refractivity contribution in [2.24, 2.45) is 5.92 Å². The van der Waals surface area contributed by atoms with Crippen LogP contribution in [0.4, 0.5) is 10.5 Å². The van der Waals surface area contributed by atoms with Crippen LogP contribution in [0, 0.1) is 5.92 Å². The largest absolute Gasteiger partial charge is 0.490 e. The van der Waals surface area contributed by atoms with Gasteiger partial charge in [-0.25, -0.2) is 4.79 Å². The Bertz CT molecular complexity index is 1280. The Labute approximate surface area is 273 Å². The molecule has 2 aromatic carbocycles. The van der Waals surface area contributed by atoms with E-state index in [1.165, 1.54) is 6.42 Å². The minimum absolute atomic E-state index is 0.108. The predicted octanol–water partition coefficient (Wildman–Crippen LogP) is 5.71. The second kappa shape index (κ2) is 17.3. The first kappa shape index (κ1) is 35.2. The van der Waals surface area contributed by atoms with Crippen LogP contribution in [0.2, 0.25) is 0 Å². The van der Waals surface area contributed by atoms with Crippen molar-refractivity contribution in [2.75, 3.05) is 38.7 Å². The Morgan fingerprint density at radius 3 is 2.46 bits per heavy atom. The average Bonchev–Trinajstić information content (AvgIpc) is 3.06. The van der Waals surface area contributed by atoms with Gasteiger partial charge in [-0.15, -0.1) is 0 Å². The van der Waals surface area contributed by atoms with Crippen LogP contribution < -0.4 is 15.4 Å². The van der Waals surface area contributed by atoms with Crippen LogP contribution in [0.5, 0.6) is 5.75 Å². The van der Waals surface area contributed by atoms with E-state index in [2.05, 4.69) is 10.6 Å². The molecule has 1 heterocycles. The van der Waals surface area contributed by atoms with Crippen molar-refractivity contribution in [1.29, 1.82) is 0 Å². The van der Waals surface area contributed by atoms with Gasteiger partial charge in [-0.2, -0.15) is 0 Å². The molecule has 252 valence electrons. The van der Waals surface area contributed by atoms with Crippen molar-refractivity contribution in [3.05, 3.63) is 59.7 Å². The van der Waals surface area contributed by atoms with E-state index in [9.17, 15) is 19.5 Å². The summed E-state index contributed by atoms with van der Waals surface area (Å²) >= 11 is 0. The molecule has 2 aromatic rings. The molecule has 1 aliphatic carbocycles. The summed E-state index contributed by atoms with van der Waals surface area (Å²) in [6.07, 6.45) is 7.50. The van der Waals surface area contributed by atoms with Crippen LogP contribution in [0.15, 0.2) is 48.5 Å². The number of nitrogens with one attached hydrogen (secondary N) is 2. The quantitative estimate of drug-likeness (QED) is 0.358. The Balaban J connectivity index is 1.58. The number of carbonyl (C=O) groups excluding carboxylic acids is 3. The molecule has 4 atom stereocenters. The number of rotatable bonds is 7. The van der Waals surface area contributed by atoms with Crippen LogP contribution in [0.3, 0.4) is 0 Å². The summed E-state index contributed by atoms with van der Waals surface area (Å²) in [6.45, 7) is 6.77. The minimum atomic E-state index is -0.497. The van der Waals surface area contributed by atoms with Gasteiger partial charge in [0.15, 0.2) is 0 Å². The van der Waals surface area contributed by atoms with Gasteiger partial charge in [0.25, 0.3) is 11.8 Å². The molecule has 3 N–H and O–H groups in total. The van der Waals surface area contributed by atoms with Crippen LogP contribution in [0.1, 0.15) is 92.9 Å². The second-order valence-corrected chi connectivity index (χ2v) is 13.0. The first-order valence-corrected chi connectivity index (χ1v) is 16.9. The zero-order valence-corrected chi connectivity index (χ0v) is 27.9. The summed E-state index contributed by atoms with van der Waals surface area (Å²) < 4.78 is 12.7. The van der Waals surface area contributed by atoms with Crippen LogP contribution >= 0.6 is 0 Å². The number of aliphatic hydroxyl groups excluding tert-OH is 1. The van der Waals surface area contributed by atoms with Crippen molar-refractivity contribution in [3.63, 3.8) is 0 Å². The fraction of sp³-hybridized carbons (Fsp3) is 0.583. The highest BCUT2D eigenvalue weighted by Gasteiger charge is 2.31. The number of aliphatic hydroxyl groups is 1. The second-order valence-electron chi connectivity index (χ2n) is 13.0. The van der Waals surface area contributed by atoms with E-state index >= 15 is 0 Å². The summed E-state index contributed by atoms with van der Waals surface area (Å²) in [6, 6.07) is 13.6. The molecule has 10 nitrogen and oxygen atoms in total. The third-order valence-electron chi connectivity index (χ3n) is 9.08. The monoisotopic (exact) mass is 636 g/mol. The summed E-state index contributed by atoms with van der Waals surface area (Å²) in [5.74, 6) is -0.323. The molecule has 4 amide bonds. The number of hydrogen-bond acceptors (Lipinski definition) is 6. The van der Waals surface area contributed by atoms with Crippen molar-refractivity contribution in [1.82, 2.24) is 15.1 Å². The Morgan fingerprint density at radius 2 is 1.74 bits per heavy atom. The van der Waals surface area contributed by atoms with Gasteiger partial charge in [0.1, 0.15) is 5.75 Å². The first-order chi connectivity index (χ1) is 22.2. The molecule has 0 bridgehead atoms. The lowest BCUT2D eigenvalue weighted by Crippen LogP contribution is -2.50. The van der Waals surface area contributed by atoms with E-state index in [4.69, 9.17) is 9.47 Å². The molecule has 1 fully saturated rings. The zero-order chi connectivity index (χ0) is 33.1. The van der Waals surface area contributed by atoms with Crippen molar-refractivity contribution in [3.8, 4) is 5.75 Å². The SMILES string of the molecule is C[C@@H]1CCCCO[C@@H](CN(C)C(=O)NC2CCCCC2)[C@H](C)CN([C@H](C)CO)C(=O)c2cc(NC(=O)c3ccccc3)ccc2O1. The summed E-state index contributed by atoms with van der Waals surface area (Å²) in [4.78, 5) is 43.7. The lowest BCUT2D eigenvalue weighted by molar-refractivity contribution is -0.0123. The number of anilines is 1. The first-order valence-electron chi connectivity index (χ1n) is 16.9. The van der Waals surface area contributed by atoms with Crippen LogP contribution in [-0.4, -0.2) is 90.4 Å². The molecule has 0 spiro atoms. The molecule has 0 unspecified atom stereocenters. The standard InChI is InChI=1S/C36H52N4O6/c1-25-22-40(26(2)24-41)35(43)31-21-30(37-34(42)28-14-7-5-8-15-28)18-19-32(31)46-27(3)13-11-12-20-45-33(25)23-39(4)36(44)38-29-16-9-6-10-17-29/h5,7-8,14-15,18-19,21,25-27,29,33,41H,6,9-13,16-17,20,22-24H2,1-4H3,(H,37,42)(H,38,44)/t25-,26-,27-,33+/m1/s1. The number of urea groups is 1. The molecule has 0 saturated heterocycles. The van der Waals surface area contributed by atoms with E-state index < -0.39 is 6.04 Å². The normalized spacial score (nSPS) is 22.5. The maximum Gasteiger partial charge on any atom is 0.317 e. The predicted molar refractivity (Wildman–Crippen MR) is 179 cm³/mol. The number of fused-ring (bicyclic) bond motifs is 1. The van der Waals surface area contributed by atoms with E-state index in [0.717, 1.165) is 44.9 Å². The number of ether oxygens (including phenoxy) is 2. The van der Waals surface area contributed by atoms with Gasteiger partial charge in [-0.1, -0.05) is 44.4 Å². The molecule has 0 radical (unpaired) electrons. The molecular formula is C36H52N4O6. The third-order valence-corrected chi connectivity index (χ3v) is 9.08. The topological polar surface area (TPSA) is 120 Å². The highest BCUT2D eigenvalue weighted by atomic mass is 16.5. The van der Waals surface area contributed by atoms with Gasteiger partial charge in [0.2, 0.25) is 0 Å². The van der Waals surface area contributed by atoms with E-state index in [1.54, 1.807) is 66.2 Å². The van der Waals surface area contributed by atoms with Crippen LogP contribution in [0.25, 0.3) is 0 Å². The Morgan fingerprint density at radius 1 is 1.02 bits per heavy atom. The van der Waals surface area contributed by atoms with E-state index in [0.29, 0.717) is 42.3 Å². The fourth-order valence-corrected chi connectivity index (χ4v) is 6.14. The van der Waals surface area contributed by atoms with Gasteiger partial charge in [-0.05, 0) is 76.3 Å². The number of carbonyl (C=O) groups is 3. The molecule has 10 heteroatoms.